The minimum absolute atomic E-state index is 0.0115. The van der Waals surface area contributed by atoms with Crippen molar-refractivity contribution in [3.63, 3.8) is 0 Å². The smallest absolute Gasteiger partial charge is 0.338 e. The molecule has 0 saturated heterocycles. The summed E-state index contributed by atoms with van der Waals surface area (Å²) < 4.78 is 5.25. The lowest BCUT2D eigenvalue weighted by Crippen LogP contribution is -2.30. The zero-order valence-corrected chi connectivity index (χ0v) is 11.3. The second-order valence-corrected chi connectivity index (χ2v) is 4.87. The quantitative estimate of drug-likeness (QED) is 0.859. The molecule has 2 rings (SSSR count). The molecule has 1 aromatic rings. The molecule has 1 atom stereocenters. The Balaban J connectivity index is 2.05. The van der Waals surface area contributed by atoms with E-state index in [9.17, 15) is 14.4 Å². The summed E-state index contributed by atoms with van der Waals surface area (Å²) in [5.41, 5.74) is 0.858. The molecule has 5 nitrogen and oxygen atoms in total. The summed E-state index contributed by atoms with van der Waals surface area (Å²) in [7, 11) is 0. The lowest BCUT2D eigenvalue weighted by atomic mass is 9.96. The summed E-state index contributed by atoms with van der Waals surface area (Å²) in [6.45, 7) is 1.39. The Morgan fingerprint density at radius 1 is 1.30 bits per heavy atom. The molecule has 1 aromatic carbocycles. The van der Waals surface area contributed by atoms with Crippen molar-refractivity contribution in [1.82, 2.24) is 0 Å². The van der Waals surface area contributed by atoms with Gasteiger partial charge in [-0.1, -0.05) is 6.07 Å². The topological polar surface area (TPSA) is 72.5 Å². The number of anilines is 1. The van der Waals surface area contributed by atoms with Crippen LogP contribution in [0, 0.1) is 0 Å². The Kier molecular flexibility index (Phi) is 4.50. The number of ketones is 1. The third kappa shape index (κ3) is 3.66. The SMILES string of the molecule is CC(=O)Nc1cccc(C(=O)O[C@H]2CCCCC2=O)c1. The Bertz CT molecular complexity index is 538. The minimum Gasteiger partial charge on any atom is -0.451 e. The van der Waals surface area contributed by atoms with Gasteiger partial charge in [-0.05, 0) is 37.5 Å². The lowest BCUT2D eigenvalue weighted by molar-refractivity contribution is -0.129. The highest BCUT2D eigenvalue weighted by Crippen LogP contribution is 2.19. The summed E-state index contributed by atoms with van der Waals surface area (Å²) in [6, 6.07) is 6.48. The number of esters is 1. The first-order valence-electron chi connectivity index (χ1n) is 6.67. The Morgan fingerprint density at radius 3 is 2.80 bits per heavy atom. The lowest BCUT2D eigenvalue weighted by Gasteiger charge is -2.20. The van der Waals surface area contributed by atoms with Gasteiger partial charge in [0.2, 0.25) is 5.91 Å². The van der Waals surface area contributed by atoms with Crippen LogP contribution < -0.4 is 5.32 Å². The van der Waals surface area contributed by atoms with Crippen LogP contribution in [-0.2, 0) is 14.3 Å². The van der Waals surface area contributed by atoms with Crippen molar-refractivity contribution in [1.29, 1.82) is 0 Å². The molecule has 0 heterocycles. The molecule has 1 amide bonds. The van der Waals surface area contributed by atoms with Gasteiger partial charge in [0, 0.05) is 19.0 Å². The van der Waals surface area contributed by atoms with Crippen LogP contribution in [0.1, 0.15) is 43.0 Å². The molecule has 1 saturated carbocycles. The first-order chi connectivity index (χ1) is 9.56. The van der Waals surface area contributed by atoms with E-state index in [4.69, 9.17) is 4.74 Å². The molecule has 20 heavy (non-hydrogen) atoms. The number of Topliss-reactive ketones (excluding diaryl/α,β-unsaturated/α-hetero) is 1. The molecule has 1 fully saturated rings. The van der Waals surface area contributed by atoms with Gasteiger partial charge in [0.05, 0.1) is 5.56 Å². The van der Waals surface area contributed by atoms with E-state index in [1.165, 1.54) is 13.0 Å². The molecule has 0 unspecified atom stereocenters. The number of carbonyl (C=O) groups excluding carboxylic acids is 3. The third-order valence-electron chi connectivity index (χ3n) is 3.17. The van der Waals surface area contributed by atoms with Crippen LogP contribution >= 0.6 is 0 Å². The molecule has 0 bridgehead atoms. The van der Waals surface area contributed by atoms with Crippen molar-refractivity contribution >= 4 is 23.3 Å². The van der Waals surface area contributed by atoms with Crippen LogP contribution in [0.25, 0.3) is 0 Å². The number of nitrogens with one attached hydrogen (secondary N) is 1. The maximum atomic E-state index is 12.0. The maximum absolute atomic E-state index is 12.0. The standard InChI is InChI=1S/C15H17NO4/c1-10(17)16-12-6-4-5-11(9-12)15(19)20-14-8-3-2-7-13(14)18/h4-6,9,14H,2-3,7-8H2,1H3,(H,16,17)/t14-/m0/s1. The first kappa shape index (κ1) is 14.2. The van der Waals surface area contributed by atoms with Crippen molar-refractivity contribution in [3.05, 3.63) is 29.8 Å². The summed E-state index contributed by atoms with van der Waals surface area (Å²) in [5, 5.41) is 2.60. The minimum atomic E-state index is -0.624. The Morgan fingerprint density at radius 2 is 2.10 bits per heavy atom. The normalized spacial score (nSPS) is 18.4. The second kappa shape index (κ2) is 6.32. The van der Waals surface area contributed by atoms with Crippen molar-refractivity contribution in [2.24, 2.45) is 0 Å². The summed E-state index contributed by atoms with van der Waals surface area (Å²) in [5.74, 6) is -0.752. The molecular formula is C15H17NO4. The van der Waals surface area contributed by atoms with E-state index in [1.807, 2.05) is 0 Å². The molecule has 1 N–H and O–H groups in total. The van der Waals surface area contributed by atoms with Crippen LogP contribution in [0.2, 0.25) is 0 Å². The number of carbonyl (C=O) groups is 3. The molecule has 0 aromatic heterocycles. The summed E-state index contributed by atoms with van der Waals surface area (Å²) in [6.07, 6.45) is 2.21. The van der Waals surface area contributed by atoms with E-state index in [2.05, 4.69) is 5.32 Å². The number of ether oxygens (including phenoxy) is 1. The Labute approximate surface area is 117 Å². The molecule has 0 radical (unpaired) electrons. The first-order valence-corrected chi connectivity index (χ1v) is 6.67. The van der Waals surface area contributed by atoms with Gasteiger partial charge in [0.1, 0.15) is 0 Å². The average Bonchev–Trinajstić information content (AvgIpc) is 2.41. The highest BCUT2D eigenvalue weighted by molar-refractivity contribution is 5.95. The van der Waals surface area contributed by atoms with Crippen LogP contribution in [0.5, 0.6) is 0 Å². The highest BCUT2D eigenvalue weighted by Gasteiger charge is 2.26. The number of rotatable bonds is 3. The molecule has 0 aliphatic heterocycles. The van der Waals surface area contributed by atoms with Gasteiger partial charge in [-0.3, -0.25) is 9.59 Å². The molecular weight excluding hydrogens is 258 g/mol. The van der Waals surface area contributed by atoms with Crippen LogP contribution in [-0.4, -0.2) is 23.8 Å². The fourth-order valence-electron chi connectivity index (χ4n) is 2.20. The van der Waals surface area contributed by atoms with Gasteiger partial charge < -0.3 is 10.1 Å². The van der Waals surface area contributed by atoms with Crippen LogP contribution in [0.15, 0.2) is 24.3 Å². The van der Waals surface area contributed by atoms with E-state index in [0.29, 0.717) is 24.1 Å². The zero-order chi connectivity index (χ0) is 14.5. The van der Waals surface area contributed by atoms with Crippen molar-refractivity contribution in [2.75, 3.05) is 5.32 Å². The summed E-state index contributed by atoms with van der Waals surface area (Å²) >= 11 is 0. The average molecular weight is 275 g/mol. The number of hydrogen-bond donors (Lipinski definition) is 1. The predicted molar refractivity (Wildman–Crippen MR) is 73.4 cm³/mol. The van der Waals surface area contributed by atoms with Crippen LogP contribution in [0.3, 0.4) is 0 Å². The van der Waals surface area contributed by atoms with Crippen molar-refractivity contribution in [3.8, 4) is 0 Å². The van der Waals surface area contributed by atoms with Gasteiger partial charge in [0.15, 0.2) is 11.9 Å². The van der Waals surface area contributed by atoms with Gasteiger partial charge in [0.25, 0.3) is 0 Å². The highest BCUT2D eigenvalue weighted by atomic mass is 16.5. The molecule has 1 aliphatic rings. The molecule has 0 spiro atoms. The predicted octanol–water partition coefficient (Wildman–Crippen LogP) is 2.31. The fourth-order valence-corrected chi connectivity index (χ4v) is 2.20. The Hall–Kier alpha value is -2.17. The molecule has 5 heteroatoms. The second-order valence-electron chi connectivity index (χ2n) is 4.87. The molecule has 1 aliphatic carbocycles. The van der Waals surface area contributed by atoms with E-state index >= 15 is 0 Å². The maximum Gasteiger partial charge on any atom is 0.338 e. The van der Waals surface area contributed by atoms with E-state index in [0.717, 1.165) is 12.8 Å². The van der Waals surface area contributed by atoms with Gasteiger partial charge >= 0.3 is 5.97 Å². The van der Waals surface area contributed by atoms with Gasteiger partial charge in [-0.15, -0.1) is 0 Å². The number of benzene rings is 1. The van der Waals surface area contributed by atoms with Gasteiger partial charge in [-0.2, -0.15) is 0 Å². The summed E-state index contributed by atoms with van der Waals surface area (Å²) in [4.78, 5) is 34.6. The monoisotopic (exact) mass is 275 g/mol. The van der Waals surface area contributed by atoms with Crippen LogP contribution in [0.4, 0.5) is 5.69 Å². The molecule has 106 valence electrons. The number of hydrogen-bond acceptors (Lipinski definition) is 4. The van der Waals surface area contributed by atoms with E-state index in [-0.39, 0.29) is 11.7 Å². The van der Waals surface area contributed by atoms with E-state index in [1.54, 1.807) is 18.2 Å². The zero-order valence-electron chi connectivity index (χ0n) is 11.3. The third-order valence-corrected chi connectivity index (χ3v) is 3.17. The van der Waals surface area contributed by atoms with E-state index < -0.39 is 12.1 Å². The van der Waals surface area contributed by atoms with Crippen molar-refractivity contribution in [2.45, 2.75) is 38.7 Å². The largest absolute Gasteiger partial charge is 0.451 e. The van der Waals surface area contributed by atoms with Gasteiger partial charge in [-0.25, -0.2) is 4.79 Å². The number of amides is 1. The fraction of sp³-hybridized carbons (Fsp3) is 0.400. The van der Waals surface area contributed by atoms with Crippen molar-refractivity contribution < 1.29 is 19.1 Å².